The lowest BCUT2D eigenvalue weighted by Gasteiger charge is -2.37. The number of hydrogen-bond acceptors (Lipinski definition) is 2. The molecule has 150 valence electrons. The van der Waals surface area contributed by atoms with Crippen LogP contribution in [0.25, 0.3) is 0 Å². The SMILES string of the molecule is CCCCCCCCC/C=C/CCC1NC=C[N+]1(CC)CCNC(C)=O. The summed E-state index contributed by atoms with van der Waals surface area (Å²) in [6, 6.07) is 0. The van der Waals surface area contributed by atoms with Gasteiger partial charge in [-0.05, 0) is 26.2 Å². The Hall–Kier alpha value is -1.29. The number of hydrogen-bond donors (Lipinski definition) is 2. The molecule has 0 fully saturated rings. The van der Waals surface area contributed by atoms with Crippen molar-refractivity contribution in [1.82, 2.24) is 10.6 Å². The molecule has 0 aromatic heterocycles. The molecule has 4 heteroatoms. The number of amides is 1. The molecule has 0 aliphatic carbocycles. The molecule has 0 spiro atoms. The number of allylic oxidation sites excluding steroid dienone is 2. The molecule has 0 bridgehead atoms. The predicted octanol–water partition coefficient (Wildman–Crippen LogP) is 4.84. The van der Waals surface area contributed by atoms with Crippen LogP contribution < -0.4 is 10.6 Å². The van der Waals surface area contributed by atoms with Gasteiger partial charge in [-0.15, -0.1) is 0 Å². The van der Waals surface area contributed by atoms with Gasteiger partial charge in [-0.2, -0.15) is 0 Å². The maximum Gasteiger partial charge on any atom is 0.217 e. The van der Waals surface area contributed by atoms with Crippen LogP contribution in [0.15, 0.2) is 24.6 Å². The van der Waals surface area contributed by atoms with Gasteiger partial charge in [-0.1, -0.05) is 57.6 Å². The van der Waals surface area contributed by atoms with Crippen molar-refractivity contribution in [2.75, 3.05) is 19.6 Å². The quantitative estimate of drug-likeness (QED) is 0.248. The van der Waals surface area contributed by atoms with Gasteiger partial charge in [-0.25, -0.2) is 0 Å². The molecular formula is C22H42N3O+. The molecular weight excluding hydrogens is 322 g/mol. The minimum atomic E-state index is 0.0558. The average molecular weight is 365 g/mol. The van der Waals surface area contributed by atoms with E-state index in [1.165, 1.54) is 51.4 Å². The maximum atomic E-state index is 11.1. The molecule has 2 N–H and O–H groups in total. The second kappa shape index (κ2) is 13.9. The first-order chi connectivity index (χ1) is 12.6. The first-order valence-electron chi connectivity index (χ1n) is 10.8. The van der Waals surface area contributed by atoms with E-state index in [1.54, 1.807) is 6.92 Å². The van der Waals surface area contributed by atoms with E-state index in [1.807, 2.05) is 0 Å². The van der Waals surface area contributed by atoms with Gasteiger partial charge in [0, 0.05) is 13.3 Å². The highest BCUT2D eigenvalue weighted by Gasteiger charge is 2.35. The van der Waals surface area contributed by atoms with Crippen LogP contribution in [0.5, 0.6) is 0 Å². The summed E-state index contributed by atoms with van der Waals surface area (Å²) in [4.78, 5) is 11.1. The van der Waals surface area contributed by atoms with E-state index in [4.69, 9.17) is 0 Å². The first-order valence-corrected chi connectivity index (χ1v) is 10.8. The Morgan fingerprint density at radius 3 is 2.46 bits per heavy atom. The number of nitrogens with zero attached hydrogens (tertiary/aromatic N) is 1. The summed E-state index contributed by atoms with van der Waals surface area (Å²) in [7, 11) is 0. The molecule has 0 radical (unpaired) electrons. The zero-order valence-electron chi connectivity index (χ0n) is 17.4. The van der Waals surface area contributed by atoms with Crippen LogP contribution in [0.2, 0.25) is 0 Å². The van der Waals surface area contributed by atoms with Crippen molar-refractivity contribution in [3.8, 4) is 0 Å². The summed E-state index contributed by atoms with van der Waals surface area (Å²) in [5.41, 5.74) is 0. The zero-order valence-corrected chi connectivity index (χ0v) is 17.4. The van der Waals surface area contributed by atoms with E-state index < -0.39 is 0 Å². The van der Waals surface area contributed by atoms with Crippen LogP contribution in [0.1, 0.15) is 85.0 Å². The third kappa shape index (κ3) is 8.88. The number of nitrogens with one attached hydrogen (secondary N) is 2. The fourth-order valence-corrected chi connectivity index (χ4v) is 3.76. The molecule has 1 amide bonds. The monoisotopic (exact) mass is 364 g/mol. The Labute approximate surface area is 161 Å². The van der Waals surface area contributed by atoms with Gasteiger partial charge in [-0.3, -0.25) is 9.28 Å². The van der Waals surface area contributed by atoms with Crippen LogP contribution in [0, 0.1) is 0 Å². The van der Waals surface area contributed by atoms with Gasteiger partial charge in [0.25, 0.3) is 0 Å². The van der Waals surface area contributed by atoms with Gasteiger partial charge < -0.3 is 10.6 Å². The van der Waals surface area contributed by atoms with Crippen molar-refractivity contribution in [2.24, 2.45) is 0 Å². The minimum Gasteiger partial charge on any atom is -0.351 e. The second-order valence-corrected chi connectivity index (χ2v) is 7.58. The molecule has 26 heavy (non-hydrogen) atoms. The highest BCUT2D eigenvalue weighted by Crippen LogP contribution is 2.21. The van der Waals surface area contributed by atoms with Crippen LogP contribution >= 0.6 is 0 Å². The summed E-state index contributed by atoms with van der Waals surface area (Å²) in [6.45, 7) is 8.83. The summed E-state index contributed by atoms with van der Waals surface area (Å²) >= 11 is 0. The molecule has 1 rings (SSSR count). The number of carbonyl (C=O) groups is 1. The number of unbranched alkanes of at least 4 members (excludes halogenated alkanes) is 7. The van der Waals surface area contributed by atoms with Crippen LogP contribution in [-0.2, 0) is 4.79 Å². The standard InChI is InChI=1S/C22H41N3O/c1-4-6-7-8-9-10-11-12-13-14-15-16-22-24-18-20-25(22,5-2)19-17-23-21(3)26/h13-14,18,20,22,24H,4-12,15-17,19H2,1-3H3/p+1/b14-13+. The minimum absolute atomic E-state index is 0.0558. The largest absolute Gasteiger partial charge is 0.351 e. The molecule has 0 saturated carbocycles. The molecule has 2 unspecified atom stereocenters. The molecule has 2 atom stereocenters. The van der Waals surface area contributed by atoms with Crippen LogP contribution in [0.4, 0.5) is 0 Å². The molecule has 0 aromatic carbocycles. The Bertz CT molecular complexity index is 433. The van der Waals surface area contributed by atoms with Gasteiger partial charge >= 0.3 is 0 Å². The van der Waals surface area contributed by atoms with Gasteiger partial charge in [0.05, 0.1) is 19.3 Å². The maximum absolute atomic E-state index is 11.1. The van der Waals surface area contributed by atoms with Crippen molar-refractivity contribution in [2.45, 2.75) is 91.1 Å². The fraction of sp³-hybridized carbons (Fsp3) is 0.773. The lowest BCUT2D eigenvalue weighted by atomic mass is 10.1. The normalized spacial score (nSPS) is 22.0. The Kier molecular flexibility index (Phi) is 12.1. The lowest BCUT2D eigenvalue weighted by Crippen LogP contribution is -2.55. The topological polar surface area (TPSA) is 41.1 Å². The van der Waals surface area contributed by atoms with Crippen LogP contribution in [0.3, 0.4) is 0 Å². The van der Waals surface area contributed by atoms with Crippen molar-refractivity contribution in [3.63, 3.8) is 0 Å². The summed E-state index contributed by atoms with van der Waals surface area (Å²) in [5.74, 6) is 0.0558. The number of carbonyl (C=O) groups excluding carboxylic acids is 1. The van der Waals surface area contributed by atoms with E-state index in [0.717, 1.165) is 37.0 Å². The zero-order chi connectivity index (χ0) is 19.1. The third-order valence-electron chi connectivity index (χ3n) is 5.52. The highest BCUT2D eigenvalue weighted by atomic mass is 16.1. The summed E-state index contributed by atoms with van der Waals surface area (Å²) < 4.78 is 0.922. The molecule has 0 saturated heterocycles. The van der Waals surface area contributed by atoms with E-state index in [0.29, 0.717) is 6.17 Å². The number of likely N-dealkylation sites (N-methyl/N-ethyl adjacent to an activating group) is 1. The van der Waals surface area contributed by atoms with Gasteiger partial charge in [0.2, 0.25) is 5.91 Å². The smallest absolute Gasteiger partial charge is 0.217 e. The van der Waals surface area contributed by atoms with Gasteiger partial charge in [0.15, 0.2) is 6.17 Å². The van der Waals surface area contributed by atoms with Crippen molar-refractivity contribution in [1.29, 1.82) is 0 Å². The van der Waals surface area contributed by atoms with Crippen LogP contribution in [-0.4, -0.2) is 36.2 Å². The molecule has 1 aliphatic rings. The van der Waals surface area contributed by atoms with E-state index >= 15 is 0 Å². The molecule has 0 aromatic rings. The second-order valence-electron chi connectivity index (χ2n) is 7.58. The average Bonchev–Trinajstić information content (AvgIpc) is 3.02. The predicted molar refractivity (Wildman–Crippen MR) is 111 cm³/mol. The Morgan fingerprint density at radius 1 is 1.08 bits per heavy atom. The number of quaternary nitrogens is 1. The molecule has 4 nitrogen and oxygen atoms in total. The van der Waals surface area contributed by atoms with E-state index in [9.17, 15) is 4.79 Å². The van der Waals surface area contributed by atoms with Crippen molar-refractivity contribution >= 4 is 5.91 Å². The molecule has 1 aliphatic heterocycles. The third-order valence-corrected chi connectivity index (χ3v) is 5.52. The van der Waals surface area contributed by atoms with Gasteiger partial charge in [0.1, 0.15) is 12.7 Å². The van der Waals surface area contributed by atoms with Crippen molar-refractivity contribution in [3.05, 3.63) is 24.6 Å². The molecule has 1 heterocycles. The first kappa shape index (κ1) is 22.8. The Morgan fingerprint density at radius 2 is 1.77 bits per heavy atom. The van der Waals surface area contributed by atoms with E-state index in [2.05, 4.69) is 49.0 Å². The van der Waals surface area contributed by atoms with E-state index in [-0.39, 0.29) is 5.91 Å². The fourth-order valence-electron chi connectivity index (χ4n) is 3.76. The highest BCUT2D eigenvalue weighted by molar-refractivity contribution is 5.72. The van der Waals surface area contributed by atoms with Crippen molar-refractivity contribution < 1.29 is 9.28 Å². The summed E-state index contributed by atoms with van der Waals surface area (Å²) in [6.07, 6.45) is 22.6. The Balaban J connectivity index is 2.17. The lowest BCUT2D eigenvalue weighted by molar-refractivity contribution is -0.898. The number of rotatable bonds is 15. The summed E-state index contributed by atoms with van der Waals surface area (Å²) in [5, 5.41) is 6.45.